The molecular weight excluding hydrogens is 280 g/mol. The highest BCUT2D eigenvalue weighted by molar-refractivity contribution is 9.10. The fourth-order valence-corrected chi connectivity index (χ4v) is 1.81. The van der Waals surface area contributed by atoms with E-state index in [0.717, 1.165) is 22.1 Å². The molecule has 2 rings (SSSR count). The first kappa shape index (κ1) is 11.9. The van der Waals surface area contributed by atoms with E-state index in [1.54, 1.807) is 12.1 Å². The van der Waals surface area contributed by atoms with E-state index in [2.05, 4.69) is 15.9 Å². The van der Waals surface area contributed by atoms with Crippen molar-refractivity contribution in [2.24, 2.45) is 0 Å². The van der Waals surface area contributed by atoms with Gasteiger partial charge in [-0.25, -0.2) is 0 Å². The molecule has 0 N–H and O–H groups in total. The normalized spacial score (nSPS) is 9.94. The SMILES string of the molecule is O=Cc1ccc(COc2ccccc2Br)cc1. The van der Waals surface area contributed by atoms with E-state index in [4.69, 9.17) is 4.74 Å². The second-order valence-corrected chi connectivity index (χ2v) is 4.43. The van der Waals surface area contributed by atoms with E-state index >= 15 is 0 Å². The van der Waals surface area contributed by atoms with Crippen molar-refractivity contribution in [3.63, 3.8) is 0 Å². The van der Waals surface area contributed by atoms with Gasteiger partial charge in [0.25, 0.3) is 0 Å². The summed E-state index contributed by atoms with van der Waals surface area (Å²) < 4.78 is 6.60. The lowest BCUT2D eigenvalue weighted by Gasteiger charge is -2.07. The standard InChI is InChI=1S/C14H11BrO2/c15-13-3-1-2-4-14(13)17-10-12-7-5-11(9-16)6-8-12/h1-9H,10H2. The predicted octanol–water partition coefficient (Wildman–Crippen LogP) is 3.84. The van der Waals surface area contributed by atoms with Crippen molar-refractivity contribution < 1.29 is 9.53 Å². The molecule has 0 radical (unpaired) electrons. The first-order valence-corrected chi connectivity index (χ1v) is 6.00. The summed E-state index contributed by atoms with van der Waals surface area (Å²) in [6.07, 6.45) is 0.832. The van der Waals surface area contributed by atoms with Crippen LogP contribution in [-0.2, 0) is 6.61 Å². The first-order chi connectivity index (χ1) is 8.29. The van der Waals surface area contributed by atoms with E-state index in [9.17, 15) is 4.79 Å². The van der Waals surface area contributed by atoms with Crippen molar-refractivity contribution in [3.8, 4) is 5.75 Å². The summed E-state index contributed by atoms with van der Waals surface area (Å²) >= 11 is 3.42. The number of hydrogen-bond acceptors (Lipinski definition) is 2. The van der Waals surface area contributed by atoms with Crippen molar-refractivity contribution in [2.75, 3.05) is 0 Å². The molecule has 0 aliphatic carbocycles. The maximum atomic E-state index is 10.5. The summed E-state index contributed by atoms with van der Waals surface area (Å²) in [5.74, 6) is 0.812. The molecule has 86 valence electrons. The molecule has 0 aliphatic rings. The van der Waals surface area contributed by atoms with E-state index < -0.39 is 0 Å². The summed E-state index contributed by atoms with van der Waals surface area (Å²) in [5.41, 5.74) is 1.71. The van der Waals surface area contributed by atoms with Gasteiger partial charge in [-0.2, -0.15) is 0 Å². The fraction of sp³-hybridized carbons (Fsp3) is 0.0714. The summed E-state index contributed by atoms with van der Waals surface area (Å²) in [5, 5.41) is 0. The van der Waals surface area contributed by atoms with Gasteiger partial charge in [-0.1, -0.05) is 36.4 Å². The second kappa shape index (κ2) is 5.64. The van der Waals surface area contributed by atoms with Crippen LogP contribution in [0.2, 0.25) is 0 Å². The van der Waals surface area contributed by atoms with Crippen molar-refractivity contribution in [1.82, 2.24) is 0 Å². The minimum Gasteiger partial charge on any atom is -0.488 e. The van der Waals surface area contributed by atoms with Crippen LogP contribution in [0.25, 0.3) is 0 Å². The molecule has 0 unspecified atom stereocenters. The van der Waals surface area contributed by atoms with Crippen molar-refractivity contribution >= 4 is 22.2 Å². The molecule has 0 fully saturated rings. The highest BCUT2D eigenvalue weighted by Gasteiger charge is 2.00. The number of carbonyl (C=O) groups is 1. The van der Waals surface area contributed by atoms with Gasteiger partial charge in [-0.15, -0.1) is 0 Å². The van der Waals surface area contributed by atoms with Crippen LogP contribution in [0.5, 0.6) is 5.75 Å². The van der Waals surface area contributed by atoms with Gasteiger partial charge in [0.15, 0.2) is 0 Å². The summed E-state index contributed by atoms with van der Waals surface area (Å²) in [7, 11) is 0. The van der Waals surface area contributed by atoms with Gasteiger partial charge in [-0.3, -0.25) is 4.79 Å². The molecule has 2 aromatic rings. The molecule has 0 saturated carbocycles. The lowest BCUT2D eigenvalue weighted by Crippen LogP contribution is -1.96. The zero-order valence-electron chi connectivity index (χ0n) is 9.10. The Hall–Kier alpha value is -1.61. The minimum absolute atomic E-state index is 0.488. The first-order valence-electron chi connectivity index (χ1n) is 5.21. The Bertz CT molecular complexity index is 506. The number of ether oxygens (including phenoxy) is 1. The molecule has 17 heavy (non-hydrogen) atoms. The molecule has 3 heteroatoms. The van der Waals surface area contributed by atoms with Crippen molar-refractivity contribution in [1.29, 1.82) is 0 Å². The second-order valence-electron chi connectivity index (χ2n) is 3.58. The van der Waals surface area contributed by atoms with Gasteiger partial charge in [-0.05, 0) is 33.6 Å². The molecule has 0 amide bonds. The average molecular weight is 291 g/mol. The molecule has 0 atom stereocenters. The number of halogens is 1. The lowest BCUT2D eigenvalue weighted by atomic mass is 10.2. The number of para-hydroxylation sites is 1. The van der Waals surface area contributed by atoms with Crippen molar-refractivity contribution in [3.05, 3.63) is 64.1 Å². The average Bonchev–Trinajstić information content (AvgIpc) is 2.38. The molecule has 0 spiro atoms. The molecule has 0 aliphatic heterocycles. The number of aldehydes is 1. The lowest BCUT2D eigenvalue weighted by molar-refractivity contribution is 0.112. The van der Waals surface area contributed by atoms with Gasteiger partial charge in [0.2, 0.25) is 0 Å². The Balaban J connectivity index is 2.02. The van der Waals surface area contributed by atoms with Gasteiger partial charge in [0, 0.05) is 5.56 Å². The molecule has 0 aromatic heterocycles. The highest BCUT2D eigenvalue weighted by Crippen LogP contribution is 2.24. The summed E-state index contributed by atoms with van der Waals surface area (Å²) in [4.78, 5) is 10.5. The third-order valence-electron chi connectivity index (χ3n) is 2.35. The monoisotopic (exact) mass is 290 g/mol. The number of carbonyl (C=O) groups excluding carboxylic acids is 1. The van der Waals surface area contributed by atoms with Crippen LogP contribution in [0.15, 0.2) is 53.0 Å². The van der Waals surface area contributed by atoms with E-state index in [1.807, 2.05) is 36.4 Å². The van der Waals surface area contributed by atoms with Gasteiger partial charge in [0.1, 0.15) is 18.6 Å². The Kier molecular flexibility index (Phi) is 3.94. The van der Waals surface area contributed by atoms with Crippen LogP contribution in [0.1, 0.15) is 15.9 Å². The summed E-state index contributed by atoms with van der Waals surface area (Å²) in [6, 6.07) is 15.1. The molecule has 2 aromatic carbocycles. The quantitative estimate of drug-likeness (QED) is 0.800. The van der Waals surface area contributed by atoms with Crippen LogP contribution in [0, 0.1) is 0 Å². The molecule has 2 nitrogen and oxygen atoms in total. The Labute approximate surface area is 108 Å². The number of rotatable bonds is 4. The van der Waals surface area contributed by atoms with E-state index in [0.29, 0.717) is 12.2 Å². The molecule has 0 heterocycles. The van der Waals surface area contributed by atoms with Crippen molar-refractivity contribution in [2.45, 2.75) is 6.61 Å². The van der Waals surface area contributed by atoms with Crippen LogP contribution < -0.4 is 4.74 Å². The van der Waals surface area contributed by atoms with Gasteiger partial charge >= 0.3 is 0 Å². The third-order valence-corrected chi connectivity index (χ3v) is 3.00. The number of hydrogen-bond donors (Lipinski definition) is 0. The largest absolute Gasteiger partial charge is 0.488 e. The summed E-state index contributed by atoms with van der Waals surface area (Å²) in [6.45, 7) is 0.488. The Morgan fingerprint density at radius 1 is 1.06 bits per heavy atom. The predicted molar refractivity (Wildman–Crippen MR) is 70.3 cm³/mol. The highest BCUT2D eigenvalue weighted by atomic mass is 79.9. The Morgan fingerprint density at radius 3 is 2.41 bits per heavy atom. The minimum atomic E-state index is 0.488. The maximum absolute atomic E-state index is 10.5. The van der Waals surface area contributed by atoms with Crippen LogP contribution in [0.3, 0.4) is 0 Å². The van der Waals surface area contributed by atoms with Gasteiger partial charge < -0.3 is 4.74 Å². The van der Waals surface area contributed by atoms with E-state index in [-0.39, 0.29) is 0 Å². The maximum Gasteiger partial charge on any atom is 0.150 e. The van der Waals surface area contributed by atoms with Crippen LogP contribution >= 0.6 is 15.9 Å². The smallest absolute Gasteiger partial charge is 0.150 e. The molecular formula is C14H11BrO2. The van der Waals surface area contributed by atoms with Gasteiger partial charge in [0.05, 0.1) is 4.47 Å². The van der Waals surface area contributed by atoms with Crippen LogP contribution in [0.4, 0.5) is 0 Å². The topological polar surface area (TPSA) is 26.3 Å². The Morgan fingerprint density at radius 2 is 1.76 bits per heavy atom. The zero-order valence-corrected chi connectivity index (χ0v) is 10.7. The zero-order chi connectivity index (χ0) is 12.1. The van der Waals surface area contributed by atoms with Crippen LogP contribution in [-0.4, -0.2) is 6.29 Å². The third kappa shape index (κ3) is 3.17. The molecule has 0 saturated heterocycles. The van der Waals surface area contributed by atoms with E-state index in [1.165, 1.54) is 0 Å². The number of benzene rings is 2. The molecule has 0 bridgehead atoms. The fourth-order valence-electron chi connectivity index (χ4n) is 1.42.